The Kier molecular flexibility index (Phi) is 7.02. The number of guanidine groups is 1. The summed E-state index contributed by atoms with van der Waals surface area (Å²) in [6, 6.07) is 5.19. The minimum absolute atomic E-state index is 0.249. The highest BCUT2D eigenvalue weighted by Crippen LogP contribution is 2.16. The molecule has 1 aromatic rings. The Hall–Kier alpha value is -2.09. The molecule has 0 saturated heterocycles. The highest BCUT2D eigenvalue weighted by atomic mass is 32.2. The Balaban J connectivity index is 2.60. The van der Waals surface area contributed by atoms with Crippen LogP contribution in [-0.4, -0.2) is 47.3 Å². The van der Waals surface area contributed by atoms with Crippen LogP contribution in [0.25, 0.3) is 0 Å². The maximum absolute atomic E-state index is 11.6. The fourth-order valence-corrected chi connectivity index (χ4v) is 2.99. The van der Waals surface area contributed by atoms with Gasteiger partial charge in [-0.1, -0.05) is 12.1 Å². The molecule has 7 nitrogen and oxygen atoms in total. The lowest BCUT2D eigenvalue weighted by atomic mass is 10.1. The highest BCUT2D eigenvalue weighted by Gasteiger charge is 2.11. The summed E-state index contributed by atoms with van der Waals surface area (Å²) < 4.78 is 27.7. The van der Waals surface area contributed by atoms with Crippen molar-refractivity contribution >= 4 is 21.8 Å². The molecule has 0 radical (unpaired) electrons. The van der Waals surface area contributed by atoms with Gasteiger partial charge in [0.05, 0.1) is 18.4 Å². The number of methoxy groups -OCH3 is 1. The van der Waals surface area contributed by atoms with Gasteiger partial charge in [0.15, 0.2) is 15.8 Å². The van der Waals surface area contributed by atoms with E-state index in [4.69, 9.17) is 0 Å². The first-order chi connectivity index (χ1) is 10.8. The third-order valence-electron chi connectivity index (χ3n) is 3.17. The van der Waals surface area contributed by atoms with Crippen molar-refractivity contribution in [3.8, 4) is 0 Å². The molecule has 8 heteroatoms. The van der Waals surface area contributed by atoms with Crippen LogP contribution in [-0.2, 0) is 25.9 Å². The molecule has 0 aliphatic carbocycles. The van der Waals surface area contributed by atoms with Gasteiger partial charge in [0.2, 0.25) is 0 Å². The minimum Gasteiger partial charge on any atom is -0.469 e. The van der Waals surface area contributed by atoms with Crippen molar-refractivity contribution in [1.29, 1.82) is 0 Å². The van der Waals surface area contributed by atoms with Gasteiger partial charge < -0.3 is 15.4 Å². The van der Waals surface area contributed by atoms with Crippen LogP contribution in [0.15, 0.2) is 28.1 Å². The second kappa shape index (κ2) is 8.52. The molecule has 0 heterocycles. The van der Waals surface area contributed by atoms with Gasteiger partial charge in [-0.15, -0.1) is 0 Å². The summed E-state index contributed by atoms with van der Waals surface area (Å²) in [5, 5.41) is 6.10. The van der Waals surface area contributed by atoms with Crippen LogP contribution >= 0.6 is 0 Å². The molecule has 0 amide bonds. The fourth-order valence-electron chi connectivity index (χ4n) is 2.03. The Labute approximate surface area is 137 Å². The number of sulfone groups is 1. The number of aliphatic imine (C=N–C) groups is 1. The van der Waals surface area contributed by atoms with E-state index in [1.165, 1.54) is 13.4 Å². The fraction of sp³-hybridized carbons (Fsp3) is 0.467. The number of nitrogens with one attached hydrogen (secondary N) is 2. The van der Waals surface area contributed by atoms with E-state index in [0.29, 0.717) is 29.5 Å². The quantitative estimate of drug-likeness (QED) is 0.447. The van der Waals surface area contributed by atoms with E-state index in [-0.39, 0.29) is 12.4 Å². The van der Waals surface area contributed by atoms with E-state index in [2.05, 4.69) is 20.4 Å². The summed E-state index contributed by atoms with van der Waals surface area (Å²) in [5.74, 6) is 0.263. The number of carbonyl (C=O) groups excluding carboxylic acids is 1. The summed E-state index contributed by atoms with van der Waals surface area (Å²) in [6.07, 6.45) is 1.44. The molecule has 0 aliphatic heterocycles. The summed E-state index contributed by atoms with van der Waals surface area (Å²) >= 11 is 0. The van der Waals surface area contributed by atoms with Gasteiger partial charge in [-0.25, -0.2) is 8.42 Å². The molecule has 0 atom stereocenters. The van der Waals surface area contributed by atoms with Crippen LogP contribution in [0, 0.1) is 6.92 Å². The van der Waals surface area contributed by atoms with E-state index in [1.54, 1.807) is 26.1 Å². The van der Waals surface area contributed by atoms with Crippen LogP contribution in [0.4, 0.5) is 0 Å². The number of nitrogens with zero attached hydrogens (tertiary/aromatic N) is 1. The van der Waals surface area contributed by atoms with Gasteiger partial charge in [-0.2, -0.15) is 0 Å². The predicted molar refractivity (Wildman–Crippen MR) is 89.1 cm³/mol. The molecule has 0 spiro atoms. The van der Waals surface area contributed by atoms with Crippen molar-refractivity contribution in [2.45, 2.75) is 24.8 Å². The van der Waals surface area contributed by atoms with Crippen molar-refractivity contribution < 1.29 is 17.9 Å². The number of ether oxygens (including phenoxy) is 1. The molecule has 1 aromatic carbocycles. The van der Waals surface area contributed by atoms with Crippen LogP contribution in [0.2, 0.25) is 0 Å². The summed E-state index contributed by atoms with van der Waals surface area (Å²) in [6.45, 7) is 2.67. The smallest absolute Gasteiger partial charge is 0.307 e. The van der Waals surface area contributed by atoms with E-state index >= 15 is 0 Å². The zero-order valence-corrected chi connectivity index (χ0v) is 14.7. The number of hydrogen-bond acceptors (Lipinski definition) is 5. The Morgan fingerprint density at radius 3 is 2.52 bits per heavy atom. The average molecular weight is 341 g/mol. The van der Waals surface area contributed by atoms with E-state index in [9.17, 15) is 13.2 Å². The zero-order chi connectivity index (χ0) is 17.5. The molecule has 0 aliphatic rings. The maximum Gasteiger partial charge on any atom is 0.307 e. The largest absolute Gasteiger partial charge is 0.469 e. The Morgan fingerprint density at radius 2 is 2.00 bits per heavy atom. The van der Waals surface area contributed by atoms with Gasteiger partial charge >= 0.3 is 5.97 Å². The third-order valence-corrected chi connectivity index (χ3v) is 4.43. The number of hydrogen-bond donors (Lipinski definition) is 2. The Bertz CT molecular complexity index is 684. The first kappa shape index (κ1) is 19.0. The molecule has 0 fully saturated rings. The van der Waals surface area contributed by atoms with Crippen molar-refractivity contribution in [2.24, 2.45) is 4.99 Å². The molecule has 0 bridgehead atoms. The minimum atomic E-state index is -3.21. The molecule has 0 aromatic heterocycles. The monoisotopic (exact) mass is 341 g/mol. The molecule has 2 N–H and O–H groups in total. The summed E-state index contributed by atoms with van der Waals surface area (Å²) in [5.41, 5.74) is 1.64. The number of carbonyl (C=O) groups is 1. The molecule has 0 saturated carbocycles. The maximum atomic E-state index is 11.6. The molecule has 1 rings (SSSR count). The zero-order valence-electron chi connectivity index (χ0n) is 13.8. The lowest BCUT2D eigenvalue weighted by molar-refractivity contribution is -0.140. The number of rotatable bonds is 6. The second-order valence-electron chi connectivity index (χ2n) is 5.05. The van der Waals surface area contributed by atoms with E-state index in [0.717, 1.165) is 5.56 Å². The van der Waals surface area contributed by atoms with Crippen LogP contribution < -0.4 is 10.6 Å². The predicted octanol–water partition coefficient (Wildman–Crippen LogP) is 0.627. The van der Waals surface area contributed by atoms with Crippen molar-refractivity contribution in [3.05, 3.63) is 29.3 Å². The van der Waals surface area contributed by atoms with E-state index in [1.807, 2.05) is 6.07 Å². The lowest BCUT2D eigenvalue weighted by Crippen LogP contribution is -2.38. The average Bonchev–Trinajstić information content (AvgIpc) is 2.49. The number of benzene rings is 1. The van der Waals surface area contributed by atoms with E-state index < -0.39 is 9.84 Å². The van der Waals surface area contributed by atoms with Gasteiger partial charge in [0.1, 0.15) is 0 Å². The first-order valence-electron chi connectivity index (χ1n) is 7.09. The van der Waals surface area contributed by atoms with Gasteiger partial charge in [-0.3, -0.25) is 9.79 Å². The summed E-state index contributed by atoms with van der Waals surface area (Å²) in [7, 11) is -0.234. The highest BCUT2D eigenvalue weighted by molar-refractivity contribution is 7.90. The standard InChI is InChI=1S/C15H23N3O4S/c1-11-9-12(5-6-13(11)23(4,20)21)10-18-15(16-2)17-8-7-14(19)22-3/h5-6,9H,7-8,10H2,1-4H3,(H2,16,17,18). The van der Waals surface area contributed by atoms with Crippen molar-refractivity contribution in [1.82, 2.24) is 10.6 Å². The first-order valence-corrected chi connectivity index (χ1v) is 8.98. The topological polar surface area (TPSA) is 96.9 Å². The second-order valence-corrected chi connectivity index (χ2v) is 7.03. The van der Waals surface area contributed by atoms with Gasteiger partial charge in [-0.05, 0) is 24.1 Å². The SMILES string of the molecule is CN=C(NCCC(=O)OC)NCc1ccc(S(C)(=O)=O)c(C)c1. The van der Waals surface area contributed by atoms with Gasteiger partial charge in [0, 0.05) is 26.4 Å². The summed E-state index contributed by atoms with van der Waals surface area (Å²) in [4.78, 5) is 15.4. The normalized spacial score (nSPS) is 11.9. The molecule has 128 valence electrons. The number of esters is 1. The molecule has 0 unspecified atom stereocenters. The molecular weight excluding hydrogens is 318 g/mol. The van der Waals surface area contributed by atoms with Gasteiger partial charge in [0.25, 0.3) is 0 Å². The van der Waals surface area contributed by atoms with Crippen molar-refractivity contribution in [3.63, 3.8) is 0 Å². The van der Waals surface area contributed by atoms with Crippen LogP contribution in [0.5, 0.6) is 0 Å². The van der Waals surface area contributed by atoms with Crippen LogP contribution in [0.3, 0.4) is 0 Å². The van der Waals surface area contributed by atoms with Crippen molar-refractivity contribution in [2.75, 3.05) is 27.0 Å². The lowest BCUT2D eigenvalue weighted by Gasteiger charge is -2.12. The number of aryl methyl sites for hydroxylation is 1. The molecule has 23 heavy (non-hydrogen) atoms. The van der Waals surface area contributed by atoms with Crippen LogP contribution in [0.1, 0.15) is 17.5 Å². The Morgan fingerprint density at radius 1 is 1.30 bits per heavy atom. The molecular formula is C15H23N3O4S. The third kappa shape index (κ3) is 6.27.